The van der Waals surface area contributed by atoms with E-state index in [1.807, 2.05) is 30.3 Å². The van der Waals surface area contributed by atoms with Crippen molar-refractivity contribution in [2.75, 3.05) is 11.5 Å². The average molecular weight is 194 g/mol. The highest BCUT2D eigenvalue weighted by Crippen LogP contribution is 2.26. The van der Waals surface area contributed by atoms with Gasteiger partial charge in [-0.3, -0.25) is 4.79 Å². The highest BCUT2D eigenvalue weighted by atomic mass is 32.2. The van der Waals surface area contributed by atoms with E-state index in [9.17, 15) is 4.79 Å². The molecule has 2 nitrogen and oxygen atoms in total. The van der Waals surface area contributed by atoms with Gasteiger partial charge in [-0.05, 0) is 5.56 Å². The fourth-order valence-corrected chi connectivity index (χ4v) is 2.14. The molecule has 0 N–H and O–H groups in total. The second-order valence-corrected chi connectivity index (χ2v) is 3.93. The third-order valence-electron chi connectivity index (χ3n) is 1.93. The number of benzene rings is 1. The van der Waals surface area contributed by atoms with Crippen molar-refractivity contribution in [3.63, 3.8) is 0 Å². The highest BCUT2D eigenvalue weighted by Gasteiger charge is 2.21. The fraction of sp³-hybridized carbons (Fsp3) is 0.300. The molecule has 1 aliphatic heterocycles. The van der Waals surface area contributed by atoms with E-state index in [-0.39, 0.29) is 12.1 Å². The molecule has 1 heterocycles. The topological polar surface area (TPSA) is 26.3 Å². The molecular weight excluding hydrogens is 184 g/mol. The summed E-state index contributed by atoms with van der Waals surface area (Å²) in [4.78, 5) is 11.0. The van der Waals surface area contributed by atoms with Crippen LogP contribution in [0.4, 0.5) is 0 Å². The Bertz CT molecular complexity index is 297. The minimum absolute atomic E-state index is 0.0487. The molecule has 0 aliphatic carbocycles. The molecule has 3 heteroatoms. The number of cyclic esters (lactones) is 1. The molecule has 0 saturated carbocycles. The highest BCUT2D eigenvalue weighted by molar-refractivity contribution is 8.00. The van der Waals surface area contributed by atoms with E-state index in [1.165, 1.54) is 0 Å². The van der Waals surface area contributed by atoms with Crippen molar-refractivity contribution in [3.05, 3.63) is 35.9 Å². The van der Waals surface area contributed by atoms with Crippen LogP contribution in [0.2, 0.25) is 0 Å². The summed E-state index contributed by atoms with van der Waals surface area (Å²) in [7, 11) is 0. The first-order chi connectivity index (χ1) is 6.36. The lowest BCUT2D eigenvalue weighted by Crippen LogP contribution is -2.20. The number of ether oxygens (including phenoxy) is 1. The molecule has 1 atom stereocenters. The third kappa shape index (κ3) is 2.04. The van der Waals surface area contributed by atoms with Crippen LogP contribution in [0.15, 0.2) is 30.3 Å². The van der Waals surface area contributed by atoms with Crippen molar-refractivity contribution in [1.82, 2.24) is 0 Å². The van der Waals surface area contributed by atoms with Crippen LogP contribution in [0.3, 0.4) is 0 Å². The minimum Gasteiger partial charge on any atom is -0.456 e. The summed E-state index contributed by atoms with van der Waals surface area (Å²) in [6, 6.07) is 9.86. The Morgan fingerprint density at radius 2 is 2.08 bits per heavy atom. The first-order valence-corrected chi connectivity index (χ1v) is 5.34. The number of esters is 1. The maximum atomic E-state index is 11.0. The van der Waals surface area contributed by atoms with E-state index in [0.717, 1.165) is 11.3 Å². The fourth-order valence-electron chi connectivity index (χ4n) is 1.31. The van der Waals surface area contributed by atoms with E-state index in [4.69, 9.17) is 4.74 Å². The molecule has 1 fully saturated rings. The summed E-state index contributed by atoms with van der Waals surface area (Å²) in [6.07, 6.45) is -0.0487. The van der Waals surface area contributed by atoms with Gasteiger partial charge in [-0.15, -0.1) is 11.8 Å². The van der Waals surface area contributed by atoms with Gasteiger partial charge in [-0.1, -0.05) is 30.3 Å². The van der Waals surface area contributed by atoms with Gasteiger partial charge in [0.1, 0.15) is 6.10 Å². The smallest absolute Gasteiger partial charge is 0.316 e. The summed E-state index contributed by atoms with van der Waals surface area (Å²) in [5.74, 6) is 1.25. The van der Waals surface area contributed by atoms with Gasteiger partial charge in [0.05, 0.1) is 5.75 Å². The second-order valence-electron chi connectivity index (χ2n) is 2.90. The SMILES string of the molecule is O=C1CSCC(c2ccccc2)O1. The standard InChI is InChI=1S/C10H10O2S/c11-10-7-13-6-9(12-10)8-4-2-1-3-5-8/h1-5,9H,6-7H2. The minimum atomic E-state index is -0.106. The van der Waals surface area contributed by atoms with Gasteiger partial charge in [0.25, 0.3) is 0 Å². The Morgan fingerprint density at radius 3 is 2.77 bits per heavy atom. The Kier molecular flexibility index (Phi) is 2.54. The maximum Gasteiger partial charge on any atom is 0.316 e. The van der Waals surface area contributed by atoms with Crippen LogP contribution in [0.25, 0.3) is 0 Å². The Hall–Kier alpha value is -0.960. The van der Waals surface area contributed by atoms with Crippen LogP contribution in [0, 0.1) is 0 Å². The van der Waals surface area contributed by atoms with Gasteiger partial charge < -0.3 is 4.74 Å². The third-order valence-corrected chi connectivity index (χ3v) is 2.91. The van der Waals surface area contributed by atoms with Crippen molar-refractivity contribution in [3.8, 4) is 0 Å². The Labute approximate surface area is 81.3 Å². The van der Waals surface area contributed by atoms with Crippen molar-refractivity contribution in [2.45, 2.75) is 6.10 Å². The summed E-state index contributed by atoms with van der Waals surface area (Å²) >= 11 is 1.63. The van der Waals surface area contributed by atoms with Gasteiger partial charge in [0, 0.05) is 5.75 Å². The van der Waals surface area contributed by atoms with E-state index in [1.54, 1.807) is 11.8 Å². The predicted molar refractivity (Wildman–Crippen MR) is 52.6 cm³/mol. The lowest BCUT2D eigenvalue weighted by atomic mass is 10.1. The van der Waals surface area contributed by atoms with Gasteiger partial charge in [0.15, 0.2) is 0 Å². The van der Waals surface area contributed by atoms with Gasteiger partial charge in [-0.25, -0.2) is 0 Å². The monoisotopic (exact) mass is 194 g/mol. The lowest BCUT2D eigenvalue weighted by Gasteiger charge is -2.21. The van der Waals surface area contributed by atoms with Gasteiger partial charge >= 0.3 is 5.97 Å². The van der Waals surface area contributed by atoms with Crippen LogP contribution in [0.1, 0.15) is 11.7 Å². The van der Waals surface area contributed by atoms with Crippen molar-refractivity contribution in [1.29, 1.82) is 0 Å². The largest absolute Gasteiger partial charge is 0.456 e. The molecule has 1 aromatic carbocycles. The zero-order valence-electron chi connectivity index (χ0n) is 7.10. The van der Waals surface area contributed by atoms with Crippen LogP contribution < -0.4 is 0 Å². The van der Waals surface area contributed by atoms with Crippen molar-refractivity contribution >= 4 is 17.7 Å². The van der Waals surface area contributed by atoms with E-state index >= 15 is 0 Å². The normalized spacial score (nSPS) is 22.5. The summed E-state index contributed by atoms with van der Waals surface area (Å²) in [5.41, 5.74) is 1.09. The Morgan fingerprint density at radius 1 is 1.31 bits per heavy atom. The molecule has 0 radical (unpaired) electrons. The molecule has 1 aliphatic rings. The molecule has 68 valence electrons. The first kappa shape index (κ1) is 8.63. The molecule has 1 saturated heterocycles. The van der Waals surface area contributed by atoms with Crippen LogP contribution in [0.5, 0.6) is 0 Å². The predicted octanol–water partition coefficient (Wildman–Crippen LogP) is 2.02. The zero-order chi connectivity index (χ0) is 9.10. The molecule has 0 bridgehead atoms. The Balaban J connectivity index is 2.13. The molecule has 13 heavy (non-hydrogen) atoms. The number of thioether (sulfide) groups is 1. The van der Waals surface area contributed by atoms with Crippen LogP contribution >= 0.6 is 11.8 Å². The van der Waals surface area contributed by atoms with Crippen LogP contribution in [-0.2, 0) is 9.53 Å². The number of carbonyl (C=O) groups is 1. The zero-order valence-corrected chi connectivity index (χ0v) is 7.92. The molecular formula is C10H10O2S. The quantitative estimate of drug-likeness (QED) is 0.640. The summed E-state index contributed by atoms with van der Waals surface area (Å²) < 4.78 is 5.21. The second kappa shape index (κ2) is 3.83. The molecule has 1 aromatic rings. The van der Waals surface area contributed by atoms with E-state index in [2.05, 4.69) is 0 Å². The van der Waals surface area contributed by atoms with Gasteiger partial charge in [0.2, 0.25) is 0 Å². The van der Waals surface area contributed by atoms with Gasteiger partial charge in [-0.2, -0.15) is 0 Å². The molecule has 0 spiro atoms. The number of carbonyl (C=O) groups excluding carboxylic acids is 1. The maximum absolute atomic E-state index is 11.0. The van der Waals surface area contributed by atoms with E-state index in [0.29, 0.717) is 5.75 Å². The summed E-state index contributed by atoms with van der Waals surface area (Å²) in [5, 5.41) is 0. The number of hydrogen-bond acceptors (Lipinski definition) is 3. The summed E-state index contributed by atoms with van der Waals surface area (Å²) in [6.45, 7) is 0. The molecule has 0 aromatic heterocycles. The lowest BCUT2D eigenvalue weighted by molar-refractivity contribution is -0.145. The van der Waals surface area contributed by atoms with Crippen molar-refractivity contribution in [2.24, 2.45) is 0 Å². The number of rotatable bonds is 1. The van der Waals surface area contributed by atoms with Crippen LogP contribution in [-0.4, -0.2) is 17.5 Å². The van der Waals surface area contributed by atoms with Crippen molar-refractivity contribution < 1.29 is 9.53 Å². The molecule has 2 rings (SSSR count). The molecule has 0 amide bonds. The molecule has 1 unspecified atom stereocenters. The van der Waals surface area contributed by atoms with E-state index < -0.39 is 0 Å². The number of hydrogen-bond donors (Lipinski definition) is 0. The first-order valence-electron chi connectivity index (χ1n) is 4.18. The average Bonchev–Trinajstić information content (AvgIpc) is 2.19.